The molecule has 1 amide bonds. The Balaban J connectivity index is 2.43. The predicted octanol–water partition coefficient (Wildman–Crippen LogP) is 0.374. The van der Waals surface area contributed by atoms with Crippen LogP contribution >= 0.6 is 0 Å². The number of likely N-dealkylation sites (N-methyl/N-ethyl adjacent to an activating group) is 1. The number of amides is 1. The summed E-state index contributed by atoms with van der Waals surface area (Å²) in [4.78, 5) is 14.0. The molecular weight excluding hydrogens is 232 g/mol. The van der Waals surface area contributed by atoms with Crippen molar-refractivity contribution in [1.29, 1.82) is 0 Å². The van der Waals surface area contributed by atoms with E-state index in [1.165, 1.54) is 0 Å². The predicted molar refractivity (Wildman–Crippen MR) is 70.4 cm³/mol. The highest BCUT2D eigenvalue weighted by Gasteiger charge is 2.31. The summed E-state index contributed by atoms with van der Waals surface area (Å²) in [5.41, 5.74) is -0.795. The lowest BCUT2D eigenvalue weighted by molar-refractivity contribution is -0.128. The Labute approximate surface area is 109 Å². The van der Waals surface area contributed by atoms with Crippen LogP contribution in [-0.4, -0.2) is 61.4 Å². The van der Waals surface area contributed by atoms with Gasteiger partial charge in [0.15, 0.2) is 0 Å². The van der Waals surface area contributed by atoms with Crippen LogP contribution in [0.15, 0.2) is 0 Å². The zero-order valence-electron chi connectivity index (χ0n) is 11.7. The molecule has 1 heterocycles. The molecule has 0 aromatic rings. The van der Waals surface area contributed by atoms with Crippen LogP contribution in [0.1, 0.15) is 32.6 Å². The summed E-state index contributed by atoms with van der Waals surface area (Å²) in [5.74, 6) is 0.00164. The van der Waals surface area contributed by atoms with Crippen molar-refractivity contribution in [3.05, 3.63) is 0 Å². The van der Waals surface area contributed by atoms with E-state index in [1.54, 1.807) is 0 Å². The average Bonchev–Trinajstić information content (AvgIpc) is 2.34. The molecule has 1 aliphatic rings. The molecule has 0 aliphatic carbocycles. The maximum atomic E-state index is 12.1. The van der Waals surface area contributed by atoms with Crippen molar-refractivity contribution in [2.24, 2.45) is 0 Å². The maximum absolute atomic E-state index is 12.1. The minimum absolute atomic E-state index is 0.00164. The number of hydrogen-bond acceptors (Lipinski definition) is 4. The van der Waals surface area contributed by atoms with Crippen molar-refractivity contribution < 1.29 is 14.6 Å². The number of aliphatic hydroxyl groups is 1. The summed E-state index contributed by atoms with van der Waals surface area (Å²) < 4.78 is 5.22. The van der Waals surface area contributed by atoms with E-state index in [4.69, 9.17) is 4.74 Å². The fourth-order valence-corrected chi connectivity index (χ4v) is 2.19. The number of nitrogens with one attached hydrogen (secondary N) is 1. The Morgan fingerprint density at radius 2 is 2.06 bits per heavy atom. The molecule has 1 fully saturated rings. The zero-order valence-corrected chi connectivity index (χ0v) is 11.7. The van der Waals surface area contributed by atoms with Gasteiger partial charge in [0.2, 0.25) is 5.91 Å². The molecule has 5 nitrogen and oxygen atoms in total. The molecule has 106 valence electrons. The summed E-state index contributed by atoms with van der Waals surface area (Å²) in [6.45, 7) is 3.52. The van der Waals surface area contributed by atoms with Crippen molar-refractivity contribution in [3.63, 3.8) is 0 Å². The molecule has 0 aromatic heterocycles. The molecule has 0 saturated carbocycles. The smallest absolute Gasteiger partial charge is 0.237 e. The third-order valence-electron chi connectivity index (χ3n) is 3.50. The van der Waals surface area contributed by atoms with Gasteiger partial charge in [0.1, 0.15) is 0 Å². The molecule has 18 heavy (non-hydrogen) atoms. The van der Waals surface area contributed by atoms with Crippen LogP contribution in [0.4, 0.5) is 0 Å². The average molecular weight is 258 g/mol. The third kappa shape index (κ3) is 4.55. The molecular formula is C13H26N2O3. The lowest BCUT2D eigenvalue weighted by atomic mass is 9.94. The van der Waals surface area contributed by atoms with Gasteiger partial charge in [-0.15, -0.1) is 0 Å². The molecule has 0 aromatic carbocycles. The minimum Gasteiger partial charge on any atom is -0.388 e. The van der Waals surface area contributed by atoms with Gasteiger partial charge in [-0.1, -0.05) is 13.3 Å². The molecule has 2 N–H and O–H groups in total. The van der Waals surface area contributed by atoms with E-state index in [1.807, 2.05) is 19.0 Å². The second-order valence-electron chi connectivity index (χ2n) is 5.32. The first-order valence-corrected chi connectivity index (χ1v) is 6.73. The van der Waals surface area contributed by atoms with Crippen LogP contribution in [0.5, 0.6) is 0 Å². The Morgan fingerprint density at radius 1 is 1.44 bits per heavy atom. The highest BCUT2D eigenvalue weighted by atomic mass is 16.5. The summed E-state index contributed by atoms with van der Waals surface area (Å²) in [6, 6.07) is -0.113. The van der Waals surface area contributed by atoms with Crippen LogP contribution in [0.2, 0.25) is 0 Å². The van der Waals surface area contributed by atoms with E-state index in [2.05, 4.69) is 12.2 Å². The van der Waals surface area contributed by atoms with Crippen molar-refractivity contribution in [2.75, 3.05) is 33.9 Å². The largest absolute Gasteiger partial charge is 0.388 e. The van der Waals surface area contributed by atoms with Crippen molar-refractivity contribution in [3.8, 4) is 0 Å². The third-order valence-corrected chi connectivity index (χ3v) is 3.50. The van der Waals surface area contributed by atoms with Crippen LogP contribution in [0, 0.1) is 0 Å². The fourth-order valence-electron chi connectivity index (χ4n) is 2.19. The lowest BCUT2D eigenvalue weighted by Crippen LogP contribution is -2.51. The molecule has 1 atom stereocenters. The standard InChI is InChI=1S/C13H26N2O3/c1-4-5-11(15(2)3)12(16)14-10-13(17)6-8-18-9-7-13/h11,17H,4-10H2,1-3H3,(H,14,16). The number of ether oxygens (including phenoxy) is 1. The first-order chi connectivity index (χ1) is 8.48. The second kappa shape index (κ2) is 7.07. The Kier molecular flexibility index (Phi) is 6.05. The minimum atomic E-state index is -0.795. The van der Waals surface area contributed by atoms with Crippen molar-refractivity contribution >= 4 is 5.91 Å². The Hall–Kier alpha value is -0.650. The second-order valence-corrected chi connectivity index (χ2v) is 5.32. The monoisotopic (exact) mass is 258 g/mol. The van der Waals surface area contributed by atoms with Gasteiger partial charge in [0.05, 0.1) is 11.6 Å². The van der Waals surface area contributed by atoms with E-state index >= 15 is 0 Å². The van der Waals surface area contributed by atoms with Crippen LogP contribution in [0.25, 0.3) is 0 Å². The van der Waals surface area contributed by atoms with Gasteiger partial charge in [-0.25, -0.2) is 0 Å². The molecule has 0 radical (unpaired) electrons. The first kappa shape index (κ1) is 15.4. The summed E-state index contributed by atoms with van der Waals surface area (Å²) in [6.07, 6.45) is 2.98. The van der Waals surface area contributed by atoms with E-state index in [0.29, 0.717) is 32.6 Å². The molecule has 1 saturated heterocycles. The summed E-state index contributed by atoms with van der Waals surface area (Å²) in [7, 11) is 3.81. The van der Waals surface area contributed by atoms with Gasteiger partial charge in [-0.3, -0.25) is 9.69 Å². The van der Waals surface area contributed by atoms with Crippen LogP contribution in [-0.2, 0) is 9.53 Å². The lowest BCUT2D eigenvalue weighted by Gasteiger charge is -2.33. The fraction of sp³-hybridized carbons (Fsp3) is 0.923. The Bertz CT molecular complexity index is 263. The summed E-state index contributed by atoms with van der Waals surface area (Å²) in [5, 5.41) is 13.1. The topological polar surface area (TPSA) is 61.8 Å². The molecule has 1 aliphatic heterocycles. The van der Waals surface area contributed by atoms with E-state index in [-0.39, 0.29) is 11.9 Å². The number of carbonyl (C=O) groups is 1. The van der Waals surface area contributed by atoms with Crippen molar-refractivity contribution in [2.45, 2.75) is 44.2 Å². The molecule has 0 spiro atoms. The normalized spacial score (nSPS) is 20.7. The molecule has 1 unspecified atom stereocenters. The SMILES string of the molecule is CCCC(C(=O)NCC1(O)CCOCC1)N(C)C. The van der Waals surface area contributed by atoms with Crippen molar-refractivity contribution in [1.82, 2.24) is 10.2 Å². The van der Waals surface area contributed by atoms with Gasteiger partial charge in [-0.05, 0) is 20.5 Å². The highest BCUT2D eigenvalue weighted by Crippen LogP contribution is 2.19. The van der Waals surface area contributed by atoms with Gasteiger partial charge in [0, 0.05) is 32.6 Å². The Morgan fingerprint density at radius 3 is 2.56 bits per heavy atom. The number of hydrogen-bond donors (Lipinski definition) is 2. The molecule has 1 rings (SSSR count). The van der Waals surface area contributed by atoms with Crippen LogP contribution < -0.4 is 5.32 Å². The van der Waals surface area contributed by atoms with Gasteiger partial charge < -0.3 is 15.2 Å². The number of nitrogens with zero attached hydrogens (tertiary/aromatic N) is 1. The van der Waals surface area contributed by atoms with Gasteiger partial charge in [0.25, 0.3) is 0 Å². The molecule has 5 heteroatoms. The summed E-state index contributed by atoms with van der Waals surface area (Å²) >= 11 is 0. The highest BCUT2D eigenvalue weighted by molar-refractivity contribution is 5.81. The van der Waals surface area contributed by atoms with Crippen LogP contribution in [0.3, 0.4) is 0 Å². The number of carbonyl (C=O) groups excluding carboxylic acids is 1. The zero-order chi connectivity index (χ0) is 13.6. The number of rotatable bonds is 6. The van der Waals surface area contributed by atoms with E-state index in [9.17, 15) is 9.90 Å². The first-order valence-electron chi connectivity index (χ1n) is 6.73. The van der Waals surface area contributed by atoms with E-state index in [0.717, 1.165) is 12.8 Å². The maximum Gasteiger partial charge on any atom is 0.237 e. The van der Waals surface area contributed by atoms with Gasteiger partial charge >= 0.3 is 0 Å². The van der Waals surface area contributed by atoms with Gasteiger partial charge in [-0.2, -0.15) is 0 Å². The van der Waals surface area contributed by atoms with E-state index < -0.39 is 5.60 Å². The quantitative estimate of drug-likeness (QED) is 0.723. The molecule has 0 bridgehead atoms.